The molecule has 0 radical (unpaired) electrons. The maximum atomic E-state index is 5.30. The van der Waals surface area contributed by atoms with E-state index >= 15 is 0 Å². The number of halogens is 1. The fourth-order valence-corrected chi connectivity index (χ4v) is 1.64. The number of rotatable bonds is 2. The molecule has 0 aromatic carbocycles. The van der Waals surface area contributed by atoms with Gasteiger partial charge in [0.25, 0.3) is 0 Å². The van der Waals surface area contributed by atoms with E-state index in [4.69, 9.17) is 4.42 Å². The maximum Gasteiger partial charge on any atom is 0.152 e. The van der Waals surface area contributed by atoms with Crippen molar-refractivity contribution in [3.63, 3.8) is 0 Å². The van der Waals surface area contributed by atoms with Crippen LogP contribution in [0, 0.1) is 0 Å². The normalized spacial score (nSPS) is 10.9. The summed E-state index contributed by atoms with van der Waals surface area (Å²) in [5.41, 5.74) is 0.811. The summed E-state index contributed by atoms with van der Waals surface area (Å²) in [6.07, 6.45) is 1.64. The SMILES string of the molecule is CC(C)c1nc(Br)cc(-c2ccco2)n1. The number of aromatic nitrogens is 2. The third-order valence-corrected chi connectivity index (χ3v) is 2.41. The van der Waals surface area contributed by atoms with Crippen LogP contribution in [0.2, 0.25) is 0 Å². The van der Waals surface area contributed by atoms with Gasteiger partial charge in [0.15, 0.2) is 5.76 Å². The number of hydrogen-bond acceptors (Lipinski definition) is 3. The fourth-order valence-electron chi connectivity index (χ4n) is 1.24. The molecule has 2 aromatic heterocycles. The molecule has 2 heterocycles. The van der Waals surface area contributed by atoms with Gasteiger partial charge in [0.1, 0.15) is 16.1 Å². The Labute approximate surface area is 96.7 Å². The van der Waals surface area contributed by atoms with Crippen LogP contribution < -0.4 is 0 Å². The van der Waals surface area contributed by atoms with E-state index in [0.717, 1.165) is 21.9 Å². The average molecular weight is 267 g/mol. The van der Waals surface area contributed by atoms with Crippen molar-refractivity contribution in [3.8, 4) is 11.5 Å². The highest BCUT2D eigenvalue weighted by atomic mass is 79.9. The molecule has 0 spiro atoms. The first kappa shape index (κ1) is 10.4. The van der Waals surface area contributed by atoms with Crippen LogP contribution in [-0.4, -0.2) is 9.97 Å². The zero-order valence-electron chi connectivity index (χ0n) is 8.57. The van der Waals surface area contributed by atoms with Crippen LogP contribution in [-0.2, 0) is 0 Å². The van der Waals surface area contributed by atoms with E-state index in [1.165, 1.54) is 0 Å². The predicted octanol–water partition coefficient (Wildman–Crippen LogP) is 3.62. The van der Waals surface area contributed by atoms with Gasteiger partial charge in [-0.3, -0.25) is 0 Å². The summed E-state index contributed by atoms with van der Waals surface area (Å²) in [5, 5.41) is 0. The molecule has 0 saturated carbocycles. The highest BCUT2D eigenvalue weighted by molar-refractivity contribution is 9.10. The first-order valence-corrected chi connectivity index (χ1v) is 5.54. The first-order valence-electron chi connectivity index (χ1n) is 4.75. The van der Waals surface area contributed by atoms with E-state index in [1.54, 1.807) is 6.26 Å². The van der Waals surface area contributed by atoms with Gasteiger partial charge in [0, 0.05) is 12.0 Å². The largest absolute Gasteiger partial charge is 0.463 e. The minimum absolute atomic E-state index is 0.302. The number of nitrogens with zero attached hydrogens (tertiary/aromatic N) is 2. The molecular weight excluding hydrogens is 256 g/mol. The average Bonchev–Trinajstić information content (AvgIpc) is 2.69. The summed E-state index contributed by atoms with van der Waals surface area (Å²) in [6, 6.07) is 5.59. The number of furan rings is 1. The van der Waals surface area contributed by atoms with E-state index in [1.807, 2.05) is 18.2 Å². The lowest BCUT2D eigenvalue weighted by Gasteiger charge is -2.05. The number of hydrogen-bond donors (Lipinski definition) is 0. The molecule has 0 bridgehead atoms. The second-order valence-electron chi connectivity index (χ2n) is 3.57. The van der Waals surface area contributed by atoms with Crippen molar-refractivity contribution in [1.82, 2.24) is 9.97 Å². The van der Waals surface area contributed by atoms with Crippen LogP contribution in [0.1, 0.15) is 25.6 Å². The van der Waals surface area contributed by atoms with Crippen LogP contribution in [0.3, 0.4) is 0 Å². The topological polar surface area (TPSA) is 38.9 Å². The van der Waals surface area contributed by atoms with Gasteiger partial charge in [-0.2, -0.15) is 0 Å². The fraction of sp³-hybridized carbons (Fsp3) is 0.273. The molecule has 15 heavy (non-hydrogen) atoms. The molecule has 78 valence electrons. The molecule has 0 N–H and O–H groups in total. The van der Waals surface area contributed by atoms with Gasteiger partial charge >= 0.3 is 0 Å². The Bertz CT molecular complexity index is 452. The van der Waals surface area contributed by atoms with Gasteiger partial charge in [-0.15, -0.1) is 0 Å². The molecule has 3 nitrogen and oxygen atoms in total. The molecule has 4 heteroatoms. The summed E-state index contributed by atoms with van der Waals surface area (Å²) in [5.74, 6) is 1.88. The third kappa shape index (κ3) is 2.26. The van der Waals surface area contributed by atoms with Crippen molar-refractivity contribution in [2.75, 3.05) is 0 Å². The van der Waals surface area contributed by atoms with Gasteiger partial charge in [-0.05, 0) is 28.1 Å². The monoisotopic (exact) mass is 266 g/mol. The van der Waals surface area contributed by atoms with Crippen LogP contribution in [0.15, 0.2) is 33.5 Å². The highest BCUT2D eigenvalue weighted by Crippen LogP contribution is 2.22. The Hall–Kier alpha value is -1.16. The molecule has 0 aliphatic rings. The van der Waals surface area contributed by atoms with Gasteiger partial charge in [0.2, 0.25) is 0 Å². The Morgan fingerprint density at radius 2 is 2.13 bits per heavy atom. The van der Waals surface area contributed by atoms with Crippen molar-refractivity contribution in [2.45, 2.75) is 19.8 Å². The molecule has 0 unspecified atom stereocenters. The smallest absolute Gasteiger partial charge is 0.152 e. The first-order chi connectivity index (χ1) is 7.16. The minimum Gasteiger partial charge on any atom is -0.463 e. The lowest BCUT2D eigenvalue weighted by Crippen LogP contribution is -1.99. The Kier molecular flexibility index (Phi) is 2.86. The molecule has 0 atom stereocenters. The minimum atomic E-state index is 0.302. The molecule has 0 amide bonds. The zero-order chi connectivity index (χ0) is 10.8. The summed E-state index contributed by atoms with van der Waals surface area (Å²) >= 11 is 3.37. The summed E-state index contributed by atoms with van der Waals surface area (Å²) < 4.78 is 6.08. The van der Waals surface area contributed by atoms with Gasteiger partial charge in [-0.1, -0.05) is 13.8 Å². The van der Waals surface area contributed by atoms with Crippen molar-refractivity contribution >= 4 is 15.9 Å². The lowest BCUT2D eigenvalue weighted by atomic mass is 10.2. The second-order valence-corrected chi connectivity index (χ2v) is 4.38. The predicted molar refractivity (Wildman–Crippen MR) is 61.5 cm³/mol. The van der Waals surface area contributed by atoms with Crippen molar-refractivity contribution in [3.05, 3.63) is 34.9 Å². The molecule has 0 fully saturated rings. The third-order valence-electron chi connectivity index (χ3n) is 2.00. The molecule has 0 saturated heterocycles. The van der Waals surface area contributed by atoms with Gasteiger partial charge in [0.05, 0.1) is 6.26 Å². The van der Waals surface area contributed by atoms with E-state index in [-0.39, 0.29) is 0 Å². The Balaban J connectivity index is 2.49. The molecule has 0 aliphatic carbocycles. The Morgan fingerprint density at radius 1 is 1.33 bits per heavy atom. The highest BCUT2D eigenvalue weighted by Gasteiger charge is 2.09. The summed E-state index contributed by atoms with van der Waals surface area (Å²) in [7, 11) is 0. The quantitative estimate of drug-likeness (QED) is 0.780. The Morgan fingerprint density at radius 3 is 2.73 bits per heavy atom. The van der Waals surface area contributed by atoms with Crippen molar-refractivity contribution in [1.29, 1.82) is 0 Å². The lowest BCUT2D eigenvalue weighted by molar-refractivity contribution is 0.578. The molecular formula is C11H11BrN2O. The van der Waals surface area contributed by atoms with Crippen LogP contribution in [0.5, 0.6) is 0 Å². The van der Waals surface area contributed by atoms with Gasteiger partial charge in [-0.25, -0.2) is 9.97 Å². The van der Waals surface area contributed by atoms with Crippen LogP contribution in [0.4, 0.5) is 0 Å². The zero-order valence-corrected chi connectivity index (χ0v) is 10.2. The van der Waals surface area contributed by atoms with E-state index < -0.39 is 0 Å². The molecule has 2 aromatic rings. The van der Waals surface area contributed by atoms with Crippen molar-refractivity contribution < 1.29 is 4.42 Å². The second kappa shape index (κ2) is 4.14. The van der Waals surface area contributed by atoms with E-state index in [9.17, 15) is 0 Å². The maximum absolute atomic E-state index is 5.30. The molecule has 2 rings (SSSR count). The summed E-state index contributed by atoms with van der Waals surface area (Å²) in [4.78, 5) is 8.75. The molecule has 0 aliphatic heterocycles. The van der Waals surface area contributed by atoms with E-state index in [2.05, 4.69) is 39.7 Å². The van der Waals surface area contributed by atoms with Crippen molar-refractivity contribution in [2.24, 2.45) is 0 Å². The summed E-state index contributed by atoms with van der Waals surface area (Å²) in [6.45, 7) is 4.13. The standard InChI is InChI=1S/C11H11BrN2O/c1-7(2)11-13-8(6-10(12)14-11)9-4-3-5-15-9/h3-7H,1-2H3. The van der Waals surface area contributed by atoms with Crippen LogP contribution in [0.25, 0.3) is 11.5 Å². The van der Waals surface area contributed by atoms with Crippen LogP contribution >= 0.6 is 15.9 Å². The van der Waals surface area contributed by atoms with Gasteiger partial charge < -0.3 is 4.42 Å². The van der Waals surface area contributed by atoms with E-state index in [0.29, 0.717) is 5.92 Å².